The highest BCUT2D eigenvalue weighted by Gasteiger charge is 2.23. The minimum Gasteiger partial charge on any atom is -0.491 e. The van der Waals surface area contributed by atoms with Crippen LogP contribution in [0, 0.1) is 0 Å². The van der Waals surface area contributed by atoms with E-state index in [0.29, 0.717) is 118 Å². The van der Waals surface area contributed by atoms with E-state index in [4.69, 9.17) is 42.6 Å². The van der Waals surface area contributed by atoms with Crippen molar-refractivity contribution >= 4 is 32.3 Å². The molecule has 0 saturated carbocycles. The van der Waals surface area contributed by atoms with E-state index in [9.17, 15) is 0 Å². The molecule has 0 N–H and O–H groups in total. The van der Waals surface area contributed by atoms with Gasteiger partial charge in [0.2, 0.25) is 0 Å². The third kappa shape index (κ3) is 11.0. The van der Waals surface area contributed by atoms with Crippen molar-refractivity contribution in [3.8, 4) is 23.0 Å². The minimum atomic E-state index is 0.391. The number of ether oxygens (including phenoxy) is 9. The topological polar surface area (TPSA) is 86.3 Å². The van der Waals surface area contributed by atoms with E-state index < -0.39 is 0 Å². The van der Waals surface area contributed by atoms with E-state index >= 15 is 0 Å². The summed E-state index contributed by atoms with van der Waals surface area (Å²) in [5.41, 5.74) is 9.89. The van der Waals surface area contributed by atoms with Crippen LogP contribution in [0.25, 0.3) is 32.3 Å². The molecule has 71 heavy (non-hydrogen) atoms. The van der Waals surface area contributed by atoms with Crippen molar-refractivity contribution in [2.45, 2.75) is 32.2 Å². The zero-order valence-corrected chi connectivity index (χ0v) is 40.6. The summed E-state index contributed by atoms with van der Waals surface area (Å²) in [4.78, 5) is 2.45. The van der Waals surface area contributed by atoms with Crippen molar-refractivity contribution in [3.05, 3.63) is 177 Å². The molecule has 0 radical (unpaired) electrons. The second kappa shape index (κ2) is 22.9. The molecule has 8 aromatic carbocycles. The molecule has 0 amide bonds. The Labute approximate surface area is 416 Å². The standard InChI is InChI=1S/C61H63NO9/c1-6-43-16-17-45-18-19-54(55-21-20-44(7-1)56(43)57(45)55)42-62-22-24-63-30-34-68-58-46-8-2-9-47(58)39-51-13-5-15-53-41-49-11-3-10-48(59(49)69-35-31-64-25-23-62)40-52-14-4-12-50(38-46)60(52)70-36-32-66-28-26-65-27-29-67-33-37-71-61(51)53/h1-21H,22-42H2. The van der Waals surface area contributed by atoms with E-state index in [0.717, 1.165) is 87.1 Å². The first-order chi connectivity index (χ1) is 35.2. The molecule has 0 spiro atoms. The molecule has 0 fully saturated rings. The number of nitrogens with zero attached hydrogens (tertiary/aromatic N) is 1. The fourth-order valence-corrected chi connectivity index (χ4v) is 10.6. The van der Waals surface area contributed by atoms with Crippen LogP contribution in [0.2, 0.25) is 0 Å². The molecule has 10 heteroatoms. The van der Waals surface area contributed by atoms with Gasteiger partial charge in [0.05, 0.1) is 66.1 Å². The summed E-state index contributed by atoms with van der Waals surface area (Å²) < 4.78 is 58.0. The molecule has 4 aliphatic rings. The lowest BCUT2D eigenvalue weighted by atomic mass is 9.91. The molecular formula is C61H63NO9. The van der Waals surface area contributed by atoms with E-state index in [1.807, 2.05) is 0 Å². The maximum absolute atomic E-state index is 6.92. The Bertz CT molecular complexity index is 2830. The van der Waals surface area contributed by atoms with Crippen LogP contribution in [0.5, 0.6) is 23.0 Å². The molecule has 1 aliphatic carbocycles. The molecule has 0 atom stereocenters. The Balaban J connectivity index is 0.949. The molecule has 0 unspecified atom stereocenters. The van der Waals surface area contributed by atoms with Gasteiger partial charge >= 0.3 is 0 Å². The van der Waals surface area contributed by atoms with Crippen molar-refractivity contribution in [2.75, 3.05) is 106 Å². The van der Waals surface area contributed by atoms with Gasteiger partial charge in [-0.1, -0.05) is 127 Å². The summed E-state index contributed by atoms with van der Waals surface area (Å²) in [5, 5.41) is 7.78. The number of benzene rings is 8. The largest absolute Gasteiger partial charge is 0.491 e. The normalized spacial score (nSPS) is 17.5. The zero-order chi connectivity index (χ0) is 47.6. The second-order valence-electron chi connectivity index (χ2n) is 18.6. The molecule has 0 aromatic heterocycles. The van der Waals surface area contributed by atoms with Gasteiger partial charge in [0.15, 0.2) is 0 Å². The Morgan fingerprint density at radius 3 is 1.00 bits per heavy atom. The van der Waals surface area contributed by atoms with Gasteiger partial charge in [0, 0.05) is 45.3 Å². The number of hydrogen-bond acceptors (Lipinski definition) is 10. The quantitative estimate of drug-likeness (QED) is 0.123. The molecule has 366 valence electrons. The van der Waals surface area contributed by atoms with Gasteiger partial charge in [-0.15, -0.1) is 0 Å². The van der Waals surface area contributed by atoms with Crippen LogP contribution in [0.3, 0.4) is 0 Å². The van der Waals surface area contributed by atoms with Crippen LogP contribution in [0.4, 0.5) is 0 Å². The molecule has 3 aliphatic heterocycles. The maximum Gasteiger partial charge on any atom is 0.126 e. The predicted octanol–water partition coefficient (Wildman–Crippen LogP) is 10.4. The van der Waals surface area contributed by atoms with Crippen LogP contribution in [-0.2, 0) is 55.9 Å². The second-order valence-corrected chi connectivity index (χ2v) is 18.6. The Morgan fingerprint density at radius 1 is 0.296 bits per heavy atom. The fourth-order valence-electron chi connectivity index (χ4n) is 10.6. The van der Waals surface area contributed by atoms with E-state index in [1.54, 1.807) is 0 Å². The van der Waals surface area contributed by atoms with Crippen molar-refractivity contribution in [1.29, 1.82) is 0 Å². The average molecular weight is 954 g/mol. The van der Waals surface area contributed by atoms with Gasteiger partial charge < -0.3 is 42.6 Å². The Hall–Kier alpha value is -6.24. The first-order valence-corrected chi connectivity index (χ1v) is 25.4. The van der Waals surface area contributed by atoms with Gasteiger partial charge in [0.25, 0.3) is 0 Å². The van der Waals surface area contributed by atoms with E-state index in [1.165, 1.54) is 37.9 Å². The number of fused-ring (bicyclic) bond motifs is 12. The lowest BCUT2D eigenvalue weighted by Gasteiger charge is -2.24. The highest BCUT2D eigenvalue weighted by atomic mass is 16.6. The highest BCUT2D eigenvalue weighted by Crippen LogP contribution is 2.40. The monoisotopic (exact) mass is 953 g/mol. The van der Waals surface area contributed by atoms with Gasteiger partial charge in [-0.2, -0.15) is 0 Å². The Kier molecular flexibility index (Phi) is 15.2. The van der Waals surface area contributed by atoms with Crippen molar-refractivity contribution in [2.24, 2.45) is 0 Å². The van der Waals surface area contributed by atoms with Gasteiger partial charge in [-0.3, -0.25) is 4.90 Å². The first kappa shape index (κ1) is 47.1. The lowest BCUT2D eigenvalue weighted by molar-refractivity contribution is 0.00484. The van der Waals surface area contributed by atoms with Crippen LogP contribution in [0.1, 0.15) is 50.1 Å². The number of para-hydroxylation sites is 4. The molecule has 12 rings (SSSR count). The molecular weight excluding hydrogens is 891 g/mol. The minimum absolute atomic E-state index is 0.391. The fraction of sp³-hybridized carbons (Fsp3) is 0.344. The summed E-state index contributed by atoms with van der Waals surface area (Å²) in [6.07, 6.45) is 2.39. The summed E-state index contributed by atoms with van der Waals surface area (Å²) in [5.74, 6) is 3.43. The summed E-state index contributed by atoms with van der Waals surface area (Å²) >= 11 is 0. The van der Waals surface area contributed by atoms with Gasteiger partial charge in [-0.05, 0) is 82.4 Å². The smallest absolute Gasteiger partial charge is 0.126 e. The number of rotatable bonds is 2. The van der Waals surface area contributed by atoms with Crippen molar-refractivity contribution in [3.63, 3.8) is 0 Å². The molecule has 0 saturated heterocycles. The van der Waals surface area contributed by atoms with Crippen LogP contribution >= 0.6 is 0 Å². The Morgan fingerprint density at radius 2 is 0.606 bits per heavy atom. The van der Waals surface area contributed by atoms with Crippen LogP contribution < -0.4 is 18.9 Å². The van der Waals surface area contributed by atoms with Gasteiger partial charge in [0.1, 0.15) is 49.4 Å². The molecule has 3 heterocycles. The average Bonchev–Trinajstić information content (AvgIpc) is 3.38. The highest BCUT2D eigenvalue weighted by molar-refractivity contribution is 6.23. The van der Waals surface area contributed by atoms with Crippen LogP contribution in [0.15, 0.2) is 127 Å². The SMILES string of the molecule is c1cc2c3c(c1)Cc1cccc4c1OCCOCCN(Cc1ccc5ccc6cccc7ccc1c5c67)CCOCCOc1c(cccc1Cc1cccc(c1OCCOCCOCCOCCO3)C4)C2. The first-order valence-electron chi connectivity index (χ1n) is 25.4. The lowest BCUT2D eigenvalue weighted by Crippen LogP contribution is -2.31. The third-order valence-electron chi connectivity index (χ3n) is 14.0. The molecule has 10 nitrogen and oxygen atoms in total. The third-order valence-corrected chi connectivity index (χ3v) is 14.0. The van der Waals surface area contributed by atoms with E-state index in [2.05, 4.69) is 132 Å². The van der Waals surface area contributed by atoms with Crippen molar-refractivity contribution < 1.29 is 42.6 Å². The summed E-state index contributed by atoms with van der Waals surface area (Å²) in [6.45, 7) is 8.54. The maximum atomic E-state index is 6.92. The predicted molar refractivity (Wildman–Crippen MR) is 278 cm³/mol. The molecule has 8 aromatic rings. The van der Waals surface area contributed by atoms with Crippen molar-refractivity contribution in [1.82, 2.24) is 4.90 Å². The van der Waals surface area contributed by atoms with Gasteiger partial charge in [-0.25, -0.2) is 0 Å². The zero-order valence-electron chi connectivity index (χ0n) is 40.6. The van der Waals surface area contributed by atoms with E-state index in [-0.39, 0.29) is 0 Å². The molecule has 12 bridgehead atoms. The number of hydrogen-bond donors (Lipinski definition) is 0. The summed E-state index contributed by atoms with van der Waals surface area (Å²) in [6, 6.07) is 46.2. The van der Waals surface area contributed by atoms with Crippen LogP contribution in [-0.4, -0.2) is 110 Å². The summed E-state index contributed by atoms with van der Waals surface area (Å²) in [7, 11) is 0.